The highest BCUT2D eigenvalue weighted by molar-refractivity contribution is 5.64. The van der Waals surface area contributed by atoms with Gasteiger partial charge in [0.05, 0.1) is 0 Å². The summed E-state index contributed by atoms with van der Waals surface area (Å²) < 4.78 is 13.0. The van der Waals surface area contributed by atoms with Gasteiger partial charge < -0.3 is 5.32 Å². The van der Waals surface area contributed by atoms with E-state index in [-0.39, 0.29) is 11.9 Å². The fourth-order valence-corrected chi connectivity index (χ4v) is 2.38. The van der Waals surface area contributed by atoms with Crippen LogP contribution in [0.15, 0.2) is 61.1 Å². The van der Waals surface area contributed by atoms with Crippen LogP contribution in [0.25, 0.3) is 11.1 Å². The van der Waals surface area contributed by atoms with Crippen molar-refractivity contribution in [2.24, 2.45) is 0 Å². The van der Waals surface area contributed by atoms with Gasteiger partial charge in [-0.15, -0.1) is 6.42 Å². The van der Waals surface area contributed by atoms with Gasteiger partial charge in [0, 0.05) is 41.3 Å². The minimum atomic E-state index is -0.240. The largest absolute Gasteiger partial charge is 0.364 e. The first kappa shape index (κ1) is 15.7. The van der Waals surface area contributed by atoms with E-state index in [4.69, 9.17) is 6.42 Å². The molecule has 1 N–H and O–H groups in total. The van der Waals surface area contributed by atoms with Crippen molar-refractivity contribution in [3.63, 3.8) is 0 Å². The summed E-state index contributed by atoms with van der Waals surface area (Å²) in [6.07, 6.45) is 10.6. The predicted molar refractivity (Wildman–Crippen MR) is 93.8 cm³/mol. The van der Waals surface area contributed by atoms with E-state index in [2.05, 4.69) is 21.2 Å². The lowest BCUT2D eigenvalue weighted by atomic mass is 10.1. The van der Waals surface area contributed by atoms with E-state index in [0.29, 0.717) is 0 Å². The Balaban J connectivity index is 1.74. The first-order valence-corrected chi connectivity index (χ1v) is 7.56. The summed E-state index contributed by atoms with van der Waals surface area (Å²) in [5.74, 6) is 3.08. The molecule has 118 valence electrons. The molecule has 24 heavy (non-hydrogen) atoms. The highest BCUT2D eigenvalue weighted by Gasteiger charge is 2.07. The van der Waals surface area contributed by atoms with Crippen LogP contribution in [0.4, 0.5) is 10.2 Å². The van der Waals surface area contributed by atoms with E-state index >= 15 is 0 Å². The number of pyridine rings is 2. The van der Waals surface area contributed by atoms with Gasteiger partial charge in [-0.1, -0.05) is 18.1 Å². The molecule has 0 aliphatic heterocycles. The quantitative estimate of drug-likeness (QED) is 0.723. The van der Waals surface area contributed by atoms with Gasteiger partial charge in [0.25, 0.3) is 0 Å². The third kappa shape index (κ3) is 3.58. The minimum Gasteiger partial charge on any atom is -0.364 e. The zero-order valence-electron chi connectivity index (χ0n) is 13.2. The maximum atomic E-state index is 13.0. The smallest absolute Gasteiger partial charge is 0.126 e. The van der Waals surface area contributed by atoms with E-state index in [1.807, 2.05) is 25.1 Å². The molecule has 4 heteroatoms. The maximum Gasteiger partial charge on any atom is 0.126 e. The number of hydrogen-bond acceptors (Lipinski definition) is 3. The third-order valence-corrected chi connectivity index (χ3v) is 3.74. The monoisotopic (exact) mass is 317 g/mol. The fraction of sp³-hybridized carbons (Fsp3) is 0.100. The van der Waals surface area contributed by atoms with Crippen molar-refractivity contribution in [3.8, 4) is 23.5 Å². The Kier molecular flexibility index (Phi) is 4.53. The molecule has 2 heterocycles. The van der Waals surface area contributed by atoms with Crippen LogP contribution in [-0.4, -0.2) is 9.97 Å². The lowest BCUT2D eigenvalue weighted by molar-refractivity contribution is 0.626. The SMILES string of the molecule is C#Cc1cncc(-c2ccc(N[C@H](C)c3ccc(F)cc3)nc2)c1. The van der Waals surface area contributed by atoms with Gasteiger partial charge in [-0.2, -0.15) is 0 Å². The Morgan fingerprint density at radius 1 is 1.04 bits per heavy atom. The Bertz CT molecular complexity index is 865. The minimum absolute atomic E-state index is 0.0235. The first-order valence-electron chi connectivity index (χ1n) is 7.56. The zero-order chi connectivity index (χ0) is 16.9. The van der Waals surface area contributed by atoms with Crippen LogP contribution in [0, 0.1) is 18.2 Å². The van der Waals surface area contributed by atoms with Crippen LogP contribution in [0.2, 0.25) is 0 Å². The molecule has 2 aromatic heterocycles. The van der Waals surface area contributed by atoms with Crippen molar-refractivity contribution in [3.05, 3.63) is 78.0 Å². The lowest BCUT2D eigenvalue weighted by Gasteiger charge is -2.15. The number of terminal acetylenes is 1. The van der Waals surface area contributed by atoms with Gasteiger partial charge in [0.15, 0.2) is 0 Å². The summed E-state index contributed by atoms with van der Waals surface area (Å²) in [4.78, 5) is 8.56. The lowest BCUT2D eigenvalue weighted by Crippen LogP contribution is -2.07. The maximum absolute atomic E-state index is 13.0. The molecule has 1 atom stereocenters. The molecule has 3 nitrogen and oxygen atoms in total. The van der Waals surface area contributed by atoms with Crippen molar-refractivity contribution < 1.29 is 4.39 Å². The number of nitrogens with zero attached hydrogens (tertiary/aromatic N) is 2. The summed E-state index contributed by atoms with van der Waals surface area (Å²) in [6, 6.07) is 12.2. The highest BCUT2D eigenvalue weighted by atomic mass is 19.1. The summed E-state index contributed by atoms with van der Waals surface area (Å²) in [7, 11) is 0. The van der Waals surface area contributed by atoms with E-state index in [0.717, 1.165) is 28.1 Å². The normalized spacial score (nSPS) is 11.5. The fourth-order valence-electron chi connectivity index (χ4n) is 2.38. The van der Waals surface area contributed by atoms with Crippen molar-refractivity contribution >= 4 is 5.82 Å². The molecule has 3 aromatic rings. The molecule has 1 aromatic carbocycles. The van der Waals surface area contributed by atoms with Gasteiger partial charge in [0.2, 0.25) is 0 Å². The highest BCUT2D eigenvalue weighted by Crippen LogP contribution is 2.22. The zero-order valence-corrected chi connectivity index (χ0v) is 13.2. The van der Waals surface area contributed by atoms with Crippen LogP contribution < -0.4 is 5.32 Å². The average molecular weight is 317 g/mol. The van der Waals surface area contributed by atoms with E-state index in [1.165, 1.54) is 12.1 Å². The first-order chi connectivity index (χ1) is 11.7. The number of benzene rings is 1. The van der Waals surface area contributed by atoms with Crippen LogP contribution in [-0.2, 0) is 0 Å². The summed E-state index contributed by atoms with van der Waals surface area (Å²) in [5.41, 5.74) is 3.60. The van der Waals surface area contributed by atoms with Gasteiger partial charge >= 0.3 is 0 Å². The summed E-state index contributed by atoms with van der Waals surface area (Å²) in [5, 5.41) is 3.30. The van der Waals surface area contributed by atoms with E-state index in [9.17, 15) is 4.39 Å². The van der Waals surface area contributed by atoms with Crippen LogP contribution in [0.1, 0.15) is 24.1 Å². The van der Waals surface area contributed by atoms with Crippen molar-refractivity contribution in [1.82, 2.24) is 9.97 Å². The molecule has 0 bridgehead atoms. The number of anilines is 1. The molecule has 0 radical (unpaired) electrons. The van der Waals surface area contributed by atoms with Crippen LogP contribution in [0.3, 0.4) is 0 Å². The molecule has 0 unspecified atom stereocenters. The number of aromatic nitrogens is 2. The van der Waals surface area contributed by atoms with Gasteiger partial charge in [-0.25, -0.2) is 9.37 Å². The van der Waals surface area contributed by atoms with Crippen LogP contribution in [0.5, 0.6) is 0 Å². The molecule has 0 aliphatic rings. The molecule has 0 fully saturated rings. The Morgan fingerprint density at radius 3 is 2.50 bits per heavy atom. The molecule has 0 amide bonds. The van der Waals surface area contributed by atoms with Crippen molar-refractivity contribution in [2.75, 3.05) is 5.32 Å². The number of hydrogen-bond donors (Lipinski definition) is 1. The molecule has 0 saturated heterocycles. The van der Waals surface area contributed by atoms with E-state index in [1.54, 1.807) is 30.7 Å². The van der Waals surface area contributed by atoms with Crippen LogP contribution >= 0.6 is 0 Å². The second-order valence-electron chi connectivity index (χ2n) is 5.46. The second-order valence-corrected chi connectivity index (χ2v) is 5.46. The Labute approximate surface area is 140 Å². The van der Waals surface area contributed by atoms with Crippen molar-refractivity contribution in [2.45, 2.75) is 13.0 Å². The number of rotatable bonds is 4. The van der Waals surface area contributed by atoms with E-state index < -0.39 is 0 Å². The van der Waals surface area contributed by atoms with Gasteiger partial charge in [-0.3, -0.25) is 4.98 Å². The Hall–Kier alpha value is -3.19. The van der Waals surface area contributed by atoms with Gasteiger partial charge in [0.1, 0.15) is 11.6 Å². The topological polar surface area (TPSA) is 37.8 Å². The third-order valence-electron chi connectivity index (χ3n) is 3.74. The second kappa shape index (κ2) is 6.93. The molecular formula is C20H16FN3. The summed E-state index contributed by atoms with van der Waals surface area (Å²) >= 11 is 0. The Morgan fingerprint density at radius 2 is 1.83 bits per heavy atom. The molecule has 0 saturated carbocycles. The van der Waals surface area contributed by atoms with Crippen molar-refractivity contribution in [1.29, 1.82) is 0 Å². The number of halogens is 1. The summed E-state index contributed by atoms with van der Waals surface area (Å²) in [6.45, 7) is 2.00. The average Bonchev–Trinajstić information content (AvgIpc) is 2.63. The molecule has 0 aliphatic carbocycles. The molecule has 3 rings (SSSR count). The predicted octanol–water partition coefficient (Wildman–Crippen LogP) is 4.44. The molecular weight excluding hydrogens is 301 g/mol. The van der Waals surface area contributed by atoms with Gasteiger partial charge in [-0.05, 0) is 42.8 Å². The number of nitrogens with one attached hydrogen (secondary N) is 1. The molecule has 0 spiro atoms. The standard InChI is InChI=1S/C20H16FN3/c1-3-15-10-18(12-22-11-15)17-6-9-20(23-13-17)24-14(2)16-4-7-19(21)8-5-16/h1,4-14H,2H3,(H,23,24)/t14-/m1/s1.